The van der Waals surface area contributed by atoms with E-state index in [1.54, 1.807) is 12.4 Å². The van der Waals surface area contributed by atoms with Crippen molar-refractivity contribution >= 4 is 11.6 Å². The third-order valence-electron chi connectivity index (χ3n) is 6.64. The van der Waals surface area contributed by atoms with Crippen LogP contribution < -0.4 is 15.0 Å². The van der Waals surface area contributed by atoms with Crippen LogP contribution in [0.5, 0.6) is 5.75 Å². The highest BCUT2D eigenvalue weighted by molar-refractivity contribution is 5.78. The van der Waals surface area contributed by atoms with Gasteiger partial charge >= 0.3 is 0 Å². The molecule has 0 bridgehead atoms. The van der Waals surface area contributed by atoms with Gasteiger partial charge < -0.3 is 15.0 Å². The topological polar surface area (TPSA) is 54.5 Å². The fraction of sp³-hybridized carbons (Fsp3) is 0.357. The third kappa shape index (κ3) is 5.54. The van der Waals surface area contributed by atoms with Crippen molar-refractivity contribution in [3.8, 4) is 5.75 Å². The monoisotopic (exact) mass is 441 g/mol. The Balaban J connectivity index is 1.09. The van der Waals surface area contributed by atoms with Crippen molar-refractivity contribution in [1.82, 2.24) is 10.3 Å². The van der Waals surface area contributed by atoms with Crippen LogP contribution in [0.25, 0.3) is 0 Å². The minimum Gasteiger partial charge on any atom is -0.493 e. The quantitative estimate of drug-likeness (QED) is 0.513. The Kier molecular flexibility index (Phi) is 6.29. The molecule has 5 nitrogen and oxygen atoms in total. The zero-order chi connectivity index (χ0) is 22.6. The molecule has 2 aromatic carbocycles. The number of rotatable bonds is 9. The summed E-state index contributed by atoms with van der Waals surface area (Å²) in [6.45, 7) is 4.94. The van der Waals surface area contributed by atoms with E-state index in [-0.39, 0.29) is 11.9 Å². The van der Waals surface area contributed by atoms with Crippen molar-refractivity contribution in [2.24, 2.45) is 5.92 Å². The molecule has 1 aromatic heterocycles. The summed E-state index contributed by atoms with van der Waals surface area (Å²) >= 11 is 0. The summed E-state index contributed by atoms with van der Waals surface area (Å²) < 4.78 is 5.84. The maximum Gasteiger partial charge on any atom is 0.224 e. The third-order valence-corrected chi connectivity index (χ3v) is 6.64. The summed E-state index contributed by atoms with van der Waals surface area (Å²) in [4.78, 5) is 18.8. The molecule has 0 unspecified atom stereocenters. The normalized spacial score (nSPS) is 16.7. The molecule has 3 aromatic rings. The summed E-state index contributed by atoms with van der Waals surface area (Å²) in [5, 5.41) is 3.09. The highest BCUT2D eigenvalue weighted by atomic mass is 16.5. The van der Waals surface area contributed by atoms with Gasteiger partial charge in [0.05, 0.1) is 19.1 Å². The SMILES string of the molecule is C[C@H](NC(=O)Cc1cccnc1)c1ccc(C2CN(c3ccc(OCC4CC4)cc3)C2)cc1. The fourth-order valence-corrected chi connectivity index (χ4v) is 4.27. The number of hydrogen-bond donors (Lipinski definition) is 1. The van der Waals surface area contributed by atoms with E-state index in [9.17, 15) is 4.79 Å². The van der Waals surface area contributed by atoms with E-state index >= 15 is 0 Å². The van der Waals surface area contributed by atoms with E-state index in [1.165, 1.54) is 24.1 Å². The number of ether oxygens (including phenoxy) is 1. The average molecular weight is 442 g/mol. The Morgan fingerprint density at radius 3 is 2.52 bits per heavy atom. The molecule has 1 aliphatic carbocycles. The van der Waals surface area contributed by atoms with Gasteiger partial charge in [0.25, 0.3) is 0 Å². The first-order chi connectivity index (χ1) is 16.1. The number of nitrogens with one attached hydrogen (secondary N) is 1. The second kappa shape index (κ2) is 9.65. The first-order valence-corrected chi connectivity index (χ1v) is 11.9. The zero-order valence-corrected chi connectivity index (χ0v) is 19.1. The number of hydrogen-bond acceptors (Lipinski definition) is 4. The van der Waals surface area contributed by atoms with E-state index in [0.717, 1.165) is 42.5 Å². The smallest absolute Gasteiger partial charge is 0.224 e. The zero-order valence-electron chi connectivity index (χ0n) is 19.1. The lowest BCUT2D eigenvalue weighted by atomic mass is 9.90. The van der Waals surface area contributed by atoms with Crippen LogP contribution in [0, 0.1) is 5.92 Å². The van der Waals surface area contributed by atoms with Crippen molar-refractivity contribution in [2.45, 2.75) is 38.1 Å². The lowest BCUT2D eigenvalue weighted by Gasteiger charge is -2.41. The van der Waals surface area contributed by atoms with Crippen LogP contribution in [-0.2, 0) is 11.2 Å². The van der Waals surface area contributed by atoms with Crippen molar-refractivity contribution in [3.63, 3.8) is 0 Å². The van der Waals surface area contributed by atoms with Crippen molar-refractivity contribution < 1.29 is 9.53 Å². The molecular weight excluding hydrogens is 410 g/mol. The summed E-state index contributed by atoms with van der Waals surface area (Å²) in [5.74, 6) is 2.30. The van der Waals surface area contributed by atoms with Crippen molar-refractivity contribution in [3.05, 3.63) is 89.7 Å². The maximum absolute atomic E-state index is 12.3. The molecule has 1 amide bonds. The molecule has 0 radical (unpaired) electrons. The Morgan fingerprint density at radius 1 is 1.09 bits per heavy atom. The molecule has 0 spiro atoms. The van der Waals surface area contributed by atoms with Gasteiger partial charge in [-0.25, -0.2) is 0 Å². The van der Waals surface area contributed by atoms with Crippen LogP contribution in [0.3, 0.4) is 0 Å². The number of aromatic nitrogens is 1. The molecule has 1 saturated heterocycles. The van der Waals surface area contributed by atoms with Gasteiger partial charge in [-0.3, -0.25) is 9.78 Å². The van der Waals surface area contributed by atoms with Gasteiger partial charge in [-0.05, 0) is 72.7 Å². The van der Waals surface area contributed by atoms with Crippen LogP contribution in [0.4, 0.5) is 5.69 Å². The molecule has 2 aliphatic rings. The van der Waals surface area contributed by atoms with Crippen molar-refractivity contribution in [2.75, 3.05) is 24.6 Å². The molecule has 1 saturated carbocycles. The molecule has 5 rings (SSSR count). The summed E-state index contributed by atoms with van der Waals surface area (Å²) in [7, 11) is 0. The molecule has 2 heterocycles. The average Bonchev–Trinajstić information content (AvgIpc) is 3.63. The molecule has 170 valence electrons. The highest BCUT2D eigenvalue weighted by Crippen LogP contribution is 2.34. The van der Waals surface area contributed by atoms with Crippen LogP contribution in [0.2, 0.25) is 0 Å². The molecule has 1 atom stereocenters. The number of pyridine rings is 1. The second-order valence-electron chi connectivity index (χ2n) is 9.34. The summed E-state index contributed by atoms with van der Waals surface area (Å²) in [6, 6.07) is 20.9. The molecular formula is C28H31N3O2. The largest absolute Gasteiger partial charge is 0.493 e. The van der Waals surface area contributed by atoms with E-state index in [1.807, 2.05) is 19.1 Å². The first kappa shape index (κ1) is 21.5. The van der Waals surface area contributed by atoms with Gasteiger partial charge in [-0.15, -0.1) is 0 Å². The van der Waals surface area contributed by atoms with E-state index in [0.29, 0.717) is 12.3 Å². The van der Waals surface area contributed by atoms with Crippen LogP contribution in [0.15, 0.2) is 73.1 Å². The summed E-state index contributed by atoms with van der Waals surface area (Å²) in [6.07, 6.45) is 6.43. The predicted molar refractivity (Wildman–Crippen MR) is 131 cm³/mol. The number of amides is 1. The number of carbonyl (C=O) groups excluding carboxylic acids is 1. The molecule has 2 fully saturated rings. The minimum absolute atomic E-state index is 0.0122. The summed E-state index contributed by atoms with van der Waals surface area (Å²) in [5.41, 5.74) is 4.66. The first-order valence-electron chi connectivity index (χ1n) is 11.9. The van der Waals surface area contributed by atoms with E-state index in [4.69, 9.17) is 4.74 Å². The highest BCUT2D eigenvalue weighted by Gasteiger charge is 2.28. The van der Waals surface area contributed by atoms with Gasteiger partial charge in [0.2, 0.25) is 5.91 Å². The Hall–Kier alpha value is -3.34. The number of carbonyl (C=O) groups is 1. The molecule has 33 heavy (non-hydrogen) atoms. The van der Waals surface area contributed by atoms with Gasteiger partial charge in [0, 0.05) is 37.1 Å². The Bertz CT molecular complexity index is 1060. The van der Waals surface area contributed by atoms with Gasteiger partial charge in [0.1, 0.15) is 5.75 Å². The molecule has 1 aliphatic heterocycles. The van der Waals surface area contributed by atoms with Gasteiger partial charge in [-0.1, -0.05) is 30.3 Å². The van der Waals surface area contributed by atoms with E-state index < -0.39 is 0 Å². The molecule has 1 N–H and O–H groups in total. The number of anilines is 1. The van der Waals surface area contributed by atoms with Crippen LogP contribution in [-0.4, -0.2) is 30.6 Å². The minimum atomic E-state index is -0.0261. The Labute approximate surface area is 195 Å². The lowest BCUT2D eigenvalue weighted by molar-refractivity contribution is -0.121. The number of nitrogens with zero attached hydrogens (tertiary/aromatic N) is 2. The van der Waals surface area contributed by atoms with Gasteiger partial charge in [0.15, 0.2) is 0 Å². The Morgan fingerprint density at radius 2 is 1.85 bits per heavy atom. The lowest BCUT2D eigenvalue weighted by Crippen LogP contribution is -2.45. The van der Waals surface area contributed by atoms with E-state index in [2.05, 4.69) is 63.7 Å². The maximum atomic E-state index is 12.3. The van der Waals surface area contributed by atoms with Gasteiger partial charge in [-0.2, -0.15) is 0 Å². The number of benzene rings is 2. The standard InChI is InChI=1S/C28H31N3O2/c1-20(30-28(32)15-22-3-2-14-29-16-22)23-6-8-24(9-7-23)25-17-31(18-25)26-10-12-27(13-11-26)33-19-21-4-5-21/h2-3,6-14,16,20-21,25H,4-5,15,17-19H2,1H3,(H,30,32)/t20-/m0/s1. The van der Waals surface area contributed by atoms with Crippen LogP contribution >= 0.6 is 0 Å². The van der Waals surface area contributed by atoms with Crippen LogP contribution in [0.1, 0.15) is 48.4 Å². The predicted octanol–water partition coefficient (Wildman–Crippen LogP) is 4.89. The molecule has 5 heteroatoms. The van der Waals surface area contributed by atoms with Crippen molar-refractivity contribution in [1.29, 1.82) is 0 Å². The second-order valence-corrected chi connectivity index (χ2v) is 9.34. The fourth-order valence-electron chi connectivity index (χ4n) is 4.27.